The number of aliphatic hydroxyl groups is 1. The normalized spacial score (nSPS) is 16.6. The smallest absolute Gasteiger partial charge is 0.243 e. The summed E-state index contributed by atoms with van der Waals surface area (Å²) in [4.78, 5) is 14.7. The lowest BCUT2D eigenvalue weighted by Crippen LogP contribution is -2.45. The molecule has 0 unspecified atom stereocenters. The molecule has 1 aliphatic heterocycles. The lowest BCUT2D eigenvalue weighted by atomic mass is 9.96. The molecule has 2 rings (SSSR count). The van der Waals surface area contributed by atoms with E-state index in [1.54, 1.807) is 29.2 Å². The number of amides is 1. The van der Waals surface area contributed by atoms with Gasteiger partial charge in [-0.2, -0.15) is 4.31 Å². The van der Waals surface area contributed by atoms with Gasteiger partial charge in [0.15, 0.2) is 0 Å². The lowest BCUT2D eigenvalue weighted by molar-refractivity contribution is -0.137. The van der Waals surface area contributed by atoms with E-state index in [2.05, 4.69) is 6.92 Å². The maximum Gasteiger partial charge on any atom is 0.243 e. The molecule has 1 saturated heterocycles. The van der Waals surface area contributed by atoms with Crippen LogP contribution in [0.2, 0.25) is 0 Å². The van der Waals surface area contributed by atoms with Crippen LogP contribution in [0.4, 0.5) is 0 Å². The van der Waals surface area contributed by atoms with E-state index in [0.29, 0.717) is 43.9 Å². The zero-order chi connectivity index (χ0) is 19.2. The first kappa shape index (κ1) is 20.9. The summed E-state index contributed by atoms with van der Waals surface area (Å²) in [5.41, 5.74) is 1.02. The monoisotopic (exact) mass is 382 g/mol. The average molecular weight is 383 g/mol. The van der Waals surface area contributed by atoms with Gasteiger partial charge >= 0.3 is 0 Å². The standard InChI is InChI=1S/C19H30N2O4S/c1-3-4-11-20(14-15-22)19(23)17-9-12-21(13-10-17)26(24,25)18-7-5-16(2)6-8-18/h5-8,17,22H,3-4,9-15H2,1-2H3. The van der Waals surface area contributed by atoms with Crippen LogP contribution < -0.4 is 0 Å². The van der Waals surface area contributed by atoms with Crippen LogP contribution in [-0.2, 0) is 14.8 Å². The Hall–Kier alpha value is -1.44. The van der Waals surface area contributed by atoms with Crippen molar-refractivity contribution in [1.29, 1.82) is 0 Å². The molecule has 7 heteroatoms. The van der Waals surface area contributed by atoms with Gasteiger partial charge in [0, 0.05) is 32.1 Å². The van der Waals surface area contributed by atoms with Gasteiger partial charge in [0.05, 0.1) is 11.5 Å². The Kier molecular flexibility index (Phi) is 7.61. The van der Waals surface area contributed by atoms with Gasteiger partial charge in [-0.3, -0.25) is 4.79 Å². The fraction of sp³-hybridized carbons (Fsp3) is 0.632. The molecular formula is C19H30N2O4S. The minimum Gasteiger partial charge on any atom is -0.395 e. The zero-order valence-corrected chi connectivity index (χ0v) is 16.5. The summed E-state index contributed by atoms with van der Waals surface area (Å²) >= 11 is 0. The van der Waals surface area contributed by atoms with Crippen LogP contribution in [0, 0.1) is 12.8 Å². The second-order valence-corrected chi connectivity index (χ2v) is 8.83. The fourth-order valence-corrected chi connectivity index (χ4v) is 4.73. The maximum absolute atomic E-state index is 12.8. The lowest BCUT2D eigenvalue weighted by Gasteiger charge is -2.33. The van der Waals surface area contributed by atoms with Crippen LogP contribution in [0.1, 0.15) is 38.2 Å². The number of benzene rings is 1. The van der Waals surface area contributed by atoms with E-state index < -0.39 is 10.0 Å². The Bertz CT molecular complexity index is 680. The molecule has 1 aliphatic rings. The summed E-state index contributed by atoms with van der Waals surface area (Å²) in [6, 6.07) is 6.86. The predicted molar refractivity (Wildman–Crippen MR) is 101 cm³/mol. The molecule has 1 amide bonds. The van der Waals surface area contributed by atoms with E-state index in [0.717, 1.165) is 18.4 Å². The Morgan fingerprint density at radius 3 is 2.35 bits per heavy atom. The summed E-state index contributed by atoms with van der Waals surface area (Å²) in [7, 11) is -3.50. The van der Waals surface area contributed by atoms with Crippen LogP contribution in [0.15, 0.2) is 29.2 Å². The first-order valence-electron chi connectivity index (χ1n) is 9.36. The number of piperidine rings is 1. The van der Waals surface area contributed by atoms with Crippen LogP contribution >= 0.6 is 0 Å². The van der Waals surface area contributed by atoms with E-state index in [9.17, 15) is 18.3 Å². The largest absolute Gasteiger partial charge is 0.395 e. The summed E-state index contributed by atoms with van der Waals surface area (Å²) in [5, 5.41) is 9.20. The minimum atomic E-state index is -3.50. The van der Waals surface area contributed by atoms with Crippen LogP contribution in [0.5, 0.6) is 0 Å². The Balaban J connectivity index is 1.99. The number of hydrogen-bond acceptors (Lipinski definition) is 4. The Morgan fingerprint density at radius 2 is 1.81 bits per heavy atom. The molecule has 1 fully saturated rings. The number of hydrogen-bond donors (Lipinski definition) is 1. The van der Waals surface area contributed by atoms with Crippen molar-refractivity contribution in [3.05, 3.63) is 29.8 Å². The molecule has 0 saturated carbocycles. The molecule has 1 aromatic rings. The van der Waals surface area contributed by atoms with Crippen LogP contribution in [0.25, 0.3) is 0 Å². The molecule has 1 N–H and O–H groups in total. The third-order valence-corrected chi connectivity index (χ3v) is 6.84. The van der Waals surface area contributed by atoms with E-state index in [-0.39, 0.29) is 18.4 Å². The number of carbonyl (C=O) groups excluding carboxylic acids is 1. The van der Waals surface area contributed by atoms with Crippen LogP contribution in [-0.4, -0.2) is 61.4 Å². The van der Waals surface area contributed by atoms with Gasteiger partial charge in [0.2, 0.25) is 15.9 Å². The highest BCUT2D eigenvalue weighted by Gasteiger charge is 2.33. The van der Waals surface area contributed by atoms with Crippen molar-refractivity contribution in [2.75, 3.05) is 32.8 Å². The van der Waals surface area contributed by atoms with E-state index in [4.69, 9.17) is 0 Å². The van der Waals surface area contributed by atoms with Crippen molar-refractivity contribution < 1.29 is 18.3 Å². The highest BCUT2D eigenvalue weighted by Crippen LogP contribution is 2.25. The molecule has 26 heavy (non-hydrogen) atoms. The number of sulfonamides is 1. The molecule has 6 nitrogen and oxygen atoms in total. The molecule has 146 valence electrons. The van der Waals surface area contributed by atoms with Gasteiger partial charge in [-0.15, -0.1) is 0 Å². The molecule has 0 bridgehead atoms. The number of unbranched alkanes of at least 4 members (excludes halogenated alkanes) is 1. The number of rotatable bonds is 8. The predicted octanol–water partition coefficient (Wildman–Crippen LogP) is 2.02. The first-order valence-corrected chi connectivity index (χ1v) is 10.8. The molecule has 1 heterocycles. The summed E-state index contributed by atoms with van der Waals surface area (Å²) < 4.78 is 27.0. The van der Waals surface area contributed by atoms with E-state index in [1.165, 1.54) is 4.31 Å². The van der Waals surface area contributed by atoms with Crippen molar-refractivity contribution >= 4 is 15.9 Å². The molecular weight excluding hydrogens is 352 g/mol. The fourth-order valence-electron chi connectivity index (χ4n) is 3.26. The topological polar surface area (TPSA) is 77.9 Å². The van der Waals surface area contributed by atoms with E-state index >= 15 is 0 Å². The van der Waals surface area contributed by atoms with Gasteiger partial charge in [0.25, 0.3) is 0 Å². The zero-order valence-electron chi connectivity index (χ0n) is 15.7. The summed E-state index contributed by atoms with van der Waals surface area (Å²) in [6.07, 6.45) is 2.95. The third-order valence-electron chi connectivity index (χ3n) is 4.93. The summed E-state index contributed by atoms with van der Waals surface area (Å²) in [5.74, 6) is -0.122. The Morgan fingerprint density at radius 1 is 1.19 bits per heavy atom. The molecule has 0 aliphatic carbocycles. The molecule has 0 aromatic heterocycles. The molecule has 0 radical (unpaired) electrons. The number of aliphatic hydroxyl groups excluding tert-OH is 1. The second-order valence-electron chi connectivity index (χ2n) is 6.89. The van der Waals surface area contributed by atoms with Crippen molar-refractivity contribution in [2.24, 2.45) is 5.92 Å². The SMILES string of the molecule is CCCCN(CCO)C(=O)C1CCN(S(=O)(=O)c2ccc(C)cc2)CC1. The van der Waals surface area contributed by atoms with Gasteiger partial charge in [0.1, 0.15) is 0 Å². The highest BCUT2D eigenvalue weighted by molar-refractivity contribution is 7.89. The quantitative estimate of drug-likeness (QED) is 0.746. The average Bonchev–Trinajstić information content (AvgIpc) is 2.65. The van der Waals surface area contributed by atoms with Crippen molar-refractivity contribution in [3.8, 4) is 0 Å². The van der Waals surface area contributed by atoms with Crippen molar-refractivity contribution in [1.82, 2.24) is 9.21 Å². The maximum atomic E-state index is 12.8. The summed E-state index contributed by atoms with van der Waals surface area (Å²) in [6.45, 7) is 5.65. The van der Waals surface area contributed by atoms with Gasteiger partial charge in [-0.25, -0.2) is 8.42 Å². The van der Waals surface area contributed by atoms with Crippen LogP contribution in [0.3, 0.4) is 0 Å². The first-order chi connectivity index (χ1) is 12.4. The van der Waals surface area contributed by atoms with Gasteiger partial charge in [-0.05, 0) is 38.3 Å². The van der Waals surface area contributed by atoms with Gasteiger partial charge < -0.3 is 10.0 Å². The number of carbonyl (C=O) groups is 1. The van der Waals surface area contributed by atoms with Crippen molar-refractivity contribution in [3.63, 3.8) is 0 Å². The van der Waals surface area contributed by atoms with E-state index in [1.807, 2.05) is 6.92 Å². The van der Waals surface area contributed by atoms with Crippen molar-refractivity contribution in [2.45, 2.75) is 44.4 Å². The third kappa shape index (κ3) is 5.05. The number of nitrogens with zero attached hydrogens (tertiary/aromatic N) is 2. The second kappa shape index (κ2) is 9.48. The molecule has 1 aromatic carbocycles. The number of aryl methyl sites for hydroxylation is 1. The minimum absolute atomic E-state index is 0.0416. The Labute approximate surface area is 156 Å². The molecule has 0 spiro atoms. The highest BCUT2D eigenvalue weighted by atomic mass is 32.2. The van der Waals surface area contributed by atoms with Gasteiger partial charge in [-0.1, -0.05) is 31.0 Å². The molecule has 0 atom stereocenters.